The average Bonchev–Trinajstić information content (AvgIpc) is 2.80. The lowest BCUT2D eigenvalue weighted by atomic mass is 10.3. The number of non-ortho nitro benzene ring substituents is 1. The SMILES string of the molecule is CCOC(=O)CCNc1nc2ccc([N+](=O)[O-])cc2[nH]1. The first kappa shape index (κ1) is 13.8. The summed E-state index contributed by atoms with van der Waals surface area (Å²) in [5.74, 6) is 0.177. The van der Waals surface area contributed by atoms with Gasteiger partial charge in [-0.05, 0) is 13.0 Å². The van der Waals surface area contributed by atoms with E-state index < -0.39 is 4.92 Å². The Morgan fingerprint density at radius 1 is 1.55 bits per heavy atom. The van der Waals surface area contributed by atoms with Crippen molar-refractivity contribution >= 4 is 28.6 Å². The topological polar surface area (TPSA) is 110 Å². The molecule has 0 aliphatic rings. The molecule has 0 unspecified atom stereocenters. The van der Waals surface area contributed by atoms with Gasteiger partial charge in [0.15, 0.2) is 0 Å². The number of nitrogens with zero attached hydrogens (tertiary/aromatic N) is 2. The maximum Gasteiger partial charge on any atom is 0.307 e. The second-order valence-electron chi connectivity index (χ2n) is 4.03. The zero-order valence-electron chi connectivity index (χ0n) is 10.9. The molecule has 106 valence electrons. The van der Waals surface area contributed by atoms with Crippen molar-refractivity contribution in [2.24, 2.45) is 0 Å². The highest BCUT2D eigenvalue weighted by atomic mass is 16.6. The molecule has 0 amide bonds. The minimum atomic E-state index is -0.464. The highest BCUT2D eigenvalue weighted by Crippen LogP contribution is 2.20. The molecule has 8 nitrogen and oxygen atoms in total. The first-order valence-corrected chi connectivity index (χ1v) is 6.14. The molecule has 20 heavy (non-hydrogen) atoms. The van der Waals surface area contributed by atoms with Crippen molar-refractivity contribution in [1.82, 2.24) is 9.97 Å². The number of rotatable bonds is 6. The lowest BCUT2D eigenvalue weighted by molar-refractivity contribution is -0.384. The standard InChI is InChI=1S/C12H14N4O4/c1-2-20-11(17)5-6-13-12-14-9-4-3-8(16(18)19)7-10(9)15-12/h3-4,7H,2,5-6H2,1H3,(H2,13,14,15). The Labute approximate surface area is 114 Å². The van der Waals surface area contributed by atoms with Crippen molar-refractivity contribution in [3.8, 4) is 0 Å². The van der Waals surface area contributed by atoms with Gasteiger partial charge < -0.3 is 15.0 Å². The van der Waals surface area contributed by atoms with E-state index in [2.05, 4.69) is 15.3 Å². The first-order chi connectivity index (χ1) is 9.60. The number of imidazole rings is 1. The Kier molecular flexibility index (Phi) is 4.14. The monoisotopic (exact) mass is 278 g/mol. The van der Waals surface area contributed by atoms with Gasteiger partial charge in [-0.1, -0.05) is 0 Å². The lowest BCUT2D eigenvalue weighted by Crippen LogP contribution is -2.11. The zero-order valence-corrected chi connectivity index (χ0v) is 10.9. The Hall–Kier alpha value is -2.64. The van der Waals surface area contributed by atoms with Gasteiger partial charge in [-0.3, -0.25) is 14.9 Å². The zero-order chi connectivity index (χ0) is 14.5. The van der Waals surface area contributed by atoms with Gasteiger partial charge in [0.2, 0.25) is 5.95 Å². The average molecular weight is 278 g/mol. The summed E-state index contributed by atoms with van der Waals surface area (Å²) in [6, 6.07) is 4.38. The van der Waals surface area contributed by atoms with Crippen LogP contribution in [0.2, 0.25) is 0 Å². The van der Waals surface area contributed by atoms with Crippen molar-refractivity contribution in [3.05, 3.63) is 28.3 Å². The molecule has 2 rings (SSSR count). The van der Waals surface area contributed by atoms with E-state index in [-0.39, 0.29) is 18.1 Å². The van der Waals surface area contributed by atoms with E-state index in [1.165, 1.54) is 12.1 Å². The summed E-state index contributed by atoms with van der Waals surface area (Å²) < 4.78 is 4.80. The van der Waals surface area contributed by atoms with Crippen molar-refractivity contribution in [2.75, 3.05) is 18.5 Å². The molecule has 0 aliphatic heterocycles. The first-order valence-electron chi connectivity index (χ1n) is 6.14. The van der Waals surface area contributed by atoms with E-state index >= 15 is 0 Å². The maximum absolute atomic E-state index is 11.2. The Morgan fingerprint density at radius 3 is 3.05 bits per heavy atom. The Bertz CT molecular complexity index is 637. The fraction of sp³-hybridized carbons (Fsp3) is 0.333. The van der Waals surface area contributed by atoms with Gasteiger partial charge in [-0.2, -0.15) is 0 Å². The molecule has 0 spiro atoms. The van der Waals surface area contributed by atoms with Crippen LogP contribution >= 0.6 is 0 Å². The third-order valence-corrected chi connectivity index (χ3v) is 2.60. The van der Waals surface area contributed by atoms with E-state index in [1.54, 1.807) is 13.0 Å². The van der Waals surface area contributed by atoms with Crippen molar-refractivity contribution < 1.29 is 14.5 Å². The van der Waals surface area contributed by atoms with Crippen molar-refractivity contribution in [3.63, 3.8) is 0 Å². The summed E-state index contributed by atoms with van der Waals surface area (Å²) in [5, 5.41) is 13.6. The number of H-pyrrole nitrogens is 1. The molecule has 1 aromatic carbocycles. The van der Waals surface area contributed by atoms with Gasteiger partial charge in [0, 0.05) is 18.7 Å². The number of aromatic amines is 1. The van der Waals surface area contributed by atoms with Crippen LogP contribution in [-0.4, -0.2) is 34.0 Å². The summed E-state index contributed by atoms with van der Waals surface area (Å²) in [5.41, 5.74) is 1.19. The van der Waals surface area contributed by atoms with Crippen LogP contribution in [0.15, 0.2) is 18.2 Å². The van der Waals surface area contributed by atoms with E-state index in [9.17, 15) is 14.9 Å². The summed E-state index contributed by atoms with van der Waals surface area (Å²) in [6.45, 7) is 2.48. The number of hydrogen-bond acceptors (Lipinski definition) is 6. The van der Waals surface area contributed by atoms with Crippen LogP contribution < -0.4 is 5.32 Å². The quantitative estimate of drug-likeness (QED) is 0.474. The van der Waals surface area contributed by atoms with Crippen LogP contribution in [0.25, 0.3) is 11.0 Å². The number of hydrogen-bond donors (Lipinski definition) is 2. The summed E-state index contributed by atoms with van der Waals surface area (Å²) in [4.78, 5) is 28.5. The number of aromatic nitrogens is 2. The number of carbonyl (C=O) groups excluding carboxylic acids is 1. The fourth-order valence-electron chi connectivity index (χ4n) is 1.71. The molecule has 1 heterocycles. The van der Waals surface area contributed by atoms with Gasteiger partial charge in [0.05, 0.1) is 29.0 Å². The van der Waals surface area contributed by atoms with E-state index in [0.717, 1.165) is 0 Å². The summed E-state index contributed by atoms with van der Waals surface area (Å²) >= 11 is 0. The highest BCUT2D eigenvalue weighted by molar-refractivity contribution is 5.80. The second kappa shape index (κ2) is 6.00. The third-order valence-electron chi connectivity index (χ3n) is 2.60. The predicted molar refractivity (Wildman–Crippen MR) is 72.5 cm³/mol. The van der Waals surface area contributed by atoms with Crippen LogP contribution in [-0.2, 0) is 9.53 Å². The van der Waals surface area contributed by atoms with Crippen molar-refractivity contribution in [2.45, 2.75) is 13.3 Å². The molecule has 8 heteroatoms. The number of carbonyl (C=O) groups is 1. The number of anilines is 1. The van der Waals surface area contributed by atoms with E-state index in [0.29, 0.717) is 30.1 Å². The van der Waals surface area contributed by atoms with Gasteiger partial charge in [0.1, 0.15) is 0 Å². The Balaban J connectivity index is 2.01. The number of nitrogens with one attached hydrogen (secondary N) is 2. The highest BCUT2D eigenvalue weighted by Gasteiger charge is 2.09. The summed E-state index contributed by atoms with van der Waals surface area (Å²) in [6.07, 6.45) is 0.227. The van der Waals surface area contributed by atoms with Crippen LogP contribution in [0, 0.1) is 10.1 Å². The Morgan fingerprint density at radius 2 is 2.35 bits per heavy atom. The number of fused-ring (bicyclic) bond motifs is 1. The second-order valence-corrected chi connectivity index (χ2v) is 4.03. The van der Waals surface area contributed by atoms with Gasteiger partial charge in [-0.15, -0.1) is 0 Å². The minimum absolute atomic E-state index is 0.000719. The molecule has 0 fully saturated rings. The van der Waals surface area contributed by atoms with Gasteiger partial charge in [0.25, 0.3) is 5.69 Å². The molecule has 1 aromatic heterocycles. The smallest absolute Gasteiger partial charge is 0.307 e. The largest absolute Gasteiger partial charge is 0.466 e. The number of nitro benzene ring substituents is 1. The molecular weight excluding hydrogens is 264 g/mol. The van der Waals surface area contributed by atoms with Crippen LogP contribution in [0.5, 0.6) is 0 Å². The molecule has 0 radical (unpaired) electrons. The molecular formula is C12H14N4O4. The van der Waals surface area contributed by atoms with E-state index in [4.69, 9.17) is 4.74 Å². The molecule has 0 saturated carbocycles. The number of ether oxygens (including phenoxy) is 1. The minimum Gasteiger partial charge on any atom is -0.466 e. The normalized spacial score (nSPS) is 10.4. The summed E-state index contributed by atoms with van der Waals surface area (Å²) in [7, 11) is 0. The van der Waals surface area contributed by atoms with Crippen LogP contribution in [0.1, 0.15) is 13.3 Å². The molecule has 0 saturated heterocycles. The molecule has 2 N–H and O–H groups in total. The molecule has 0 aliphatic carbocycles. The molecule has 0 bridgehead atoms. The number of esters is 1. The number of benzene rings is 1. The predicted octanol–water partition coefficient (Wildman–Crippen LogP) is 1.84. The van der Waals surface area contributed by atoms with Crippen LogP contribution in [0.3, 0.4) is 0 Å². The van der Waals surface area contributed by atoms with Gasteiger partial charge >= 0.3 is 5.97 Å². The lowest BCUT2D eigenvalue weighted by Gasteiger charge is -2.02. The van der Waals surface area contributed by atoms with Crippen molar-refractivity contribution in [1.29, 1.82) is 0 Å². The maximum atomic E-state index is 11.2. The fourth-order valence-corrected chi connectivity index (χ4v) is 1.71. The molecule has 0 atom stereocenters. The van der Waals surface area contributed by atoms with Crippen LogP contribution in [0.4, 0.5) is 11.6 Å². The van der Waals surface area contributed by atoms with E-state index in [1.807, 2.05) is 0 Å². The third kappa shape index (κ3) is 3.22. The molecule has 2 aromatic rings. The number of nitro groups is 1. The van der Waals surface area contributed by atoms with Gasteiger partial charge in [-0.25, -0.2) is 4.98 Å².